The summed E-state index contributed by atoms with van der Waals surface area (Å²) in [6, 6.07) is 13.8. The van der Waals surface area contributed by atoms with E-state index in [0.717, 1.165) is 5.56 Å². The van der Waals surface area contributed by atoms with Gasteiger partial charge in [0.05, 0.1) is 27.7 Å². The molecule has 30 heavy (non-hydrogen) atoms. The molecule has 8 heteroatoms. The van der Waals surface area contributed by atoms with E-state index in [1.165, 1.54) is 0 Å². The summed E-state index contributed by atoms with van der Waals surface area (Å²) in [6.45, 7) is 6.80. The standard InChI is InChI=1S/C22H23ClN2O4S/c1-14-8-10-17(11-9-14)30(26,27)21-22(25-12-15(2)28-16(3)13-25)29-20(24-21)18-6-4-5-7-19(18)23/h4-11,15-16H,12-13H2,1-3H3/t15-,16-/m0/s1. The van der Waals surface area contributed by atoms with Crippen LogP contribution in [0, 0.1) is 6.92 Å². The van der Waals surface area contributed by atoms with Gasteiger partial charge in [-0.15, -0.1) is 0 Å². The second-order valence-corrected chi connectivity index (χ2v) is 9.86. The van der Waals surface area contributed by atoms with E-state index in [1.807, 2.05) is 25.7 Å². The van der Waals surface area contributed by atoms with Crippen LogP contribution < -0.4 is 4.90 Å². The van der Waals surface area contributed by atoms with Gasteiger partial charge in [-0.3, -0.25) is 0 Å². The van der Waals surface area contributed by atoms with Crippen LogP contribution in [0.1, 0.15) is 19.4 Å². The fourth-order valence-electron chi connectivity index (χ4n) is 3.60. The molecule has 0 spiro atoms. The number of oxazole rings is 1. The summed E-state index contributed by atoms with van der Waals surface area (Å²) in [5, 5.41) is 0.330. The summed E-state index contributed by atoms with van der Waals surface area (Å²) in [4.78, 5) is 6.47. The molecule has 0 N–H and O–H groups in total. The number of morpholine rings is 1. The van der Waals surface area contributed by atoms with Crippen molar-refractivity contribution >= 4 is 27.3 Å². The Morgan fingerprint density at radius 1 is 1.03 bits per heavy atom. The van der Waals surface area contributed by atoms with E-state index in [2.05, 4.69) is 4.98 Å². The fourth-order valence-corrected chi connectivity index (χ4v) is 5.13. The maximum Gasteiger partial charge on any atom is 0.236 e. The van der Waals surface area contributed by atoms with Crippen LogP contribution in [0.4, 0.5) is 5.88 Å². The van der Waals surface area contributed by atoms with E-state index in [1.54, 1.807) is 48.5 Å². The van der Waals surface area contributed by atoms with Crippen molar-refractivity contribution in [3.8, 4) is 11.5 Å². The number of anilines is 1. The maximum atomic E-state index is 13.5. The van der Waals surface area contributed by atoms with Gasteiger partial charge in [0.15, 0.2) is 0 Å². The van der Waals surface area contributed by atoms with Crippen molar-refractivity contribution in [2.45, 2.75) is 42.9 Å². The molecule has 2 heterocycles. The summed E-state index contributed by atoms with van der Waals surface area (Å²) in [5.41, 5.74) is 1.52. The molecule has 158 valence electrons. The zero-order valence-corrected chi connectivity index (χ0v) is 18.6. The Morgan fingerprint density at radius 3 is 2.30 bits per heavy atom. The Labute approximate surface area is 181 Å². The van der Waals surface area contributed by atoms with Gasteiger partial charge in [0, 0.05) is 13.1 Å². The number of hydrogen-bond acceptors (Lipinski definition) is 6. The van der Waals surface area contributed by atoms with Crippen molar-refractivity contribution in [3.05, 3.63) is 59.1 Å². The van der Waals surface area contributed by atoms with E-state index in [0.29, 0.717) is 23.7 Å². The van der Waals surface area contributed by atoms with Gasteiger partial charge in [0.2, 0.25) is 26.6 Å². The van der Waals surface area contributed by atoms with Crippen molar-refractivity contribution < 1.29 is 17.6 Å². The lowest BCUT2D eigenvalue weighted by Crippen LogP contribution is -2.45. The number of halogens is 1. The molecule has 1 aliphatic rings. The van der Waals surface area contributed by atoms with Crippen LogP contribution in [0.25, 0.3) is 11.5 Å². The molecule has 2 aromatic carbocycles. The van der Waals surface area contributed by atoms with E-state index < -0.39 is 9.84 Å². The van der Waals surface area contributed by atoms with E-state index in [4.69, 9.17) is 20.8 Å². The first-order chi connectivity index (χ1) is 14.3. The third-order valence-corrected chi connectivity index (χ3v) is 6.97. The number of rotatable bonds is 4. The van der Waals surface area contributed by atoms with Crippen LogP contribution in [0.5, 0.6) is 0 Å². The third kappa shape index (κ3) is 3.97. The Morgan fingerprint density at radius 2 is 1.67 bits per heavy atom. The van der Waals surface area contributed by atoms with Gasteiger partial charge < -0.3 is 14.1 Å². The van der Waals surface area contributed by atoms with Crippen LogP contribution in [-0.2, 0) is 14.6 Å². The molecule has 6 nitrogen and oxygen atoms in total. The average molecular weight is 447 g/mol. The summed E-state index contributed by atoms with van der Waals surface area (Å²) >= 11 is 6.32. The molecule has 0 radical (unpaired) electrons. The van der Waals surface area contributed by atoms with Crippen molar-refractivity contribution in [2.75, 3.05) is 18.0 Å². The number of nitrogens with zero attached hydrogens (tertiary/aromatic N) is 2. The molecular weight excluding hydrogens is 424 g/mol. The van der Waals surface area contributed by atoms with Crippen molar-refractivity contribution in [1.82, 2.24) is 4.98 Å². The molecular formula is C22H23ClN2O4S. The first kappa shape index (κ1) is 20.9. The van der Waals surface area contributed by atoms with E-state index >= 15 is 0 Å². The molecule has 0 amide bonds. The highest BCUT2D eigenvalue weighted by atomic mass is 35.5. The molecule has 4 rings (SSSR count). The third-order valence-electron chi connectivity index (χ3n) is 4.98. The Bertz CT molecular complexity index is 1150. The quantitative estimate of drug-likeness (QED) is 0.575. The lowest BCUT2D eigenvalue weighted by atomic mass is 10.2. The van der Waals surface area contributed by atoms with Crippen molar-refractivity contribution in [1.29, 1.82) is 0 Å². The fraction of sp³-hybridized carbons (Fsp3) is 0.318. The van der Waals surface area contributed by atoms with E-state index in [9.17, 15) is 8.42 Å². The summed E-state index contributed by atoms with van der Waals surface area (Å²) < 4.78 is 38.8. The molecule has 1 aliphatic heterocycles. The number of aryl methyl sites for hydroxylation is 1. The molecule has 1 aromatic heterocycles. The molecule has 0 aliphatic carbocycles. The molecule has 0 bridgehead atoms. The monoisotopic (exact) mass is 446 g/mol. The zero-order chi connectivity index (χ0) is 21.5. The molecule has 1 fully saturated rings. The Hall–Kier alpha value is -2.35. The van der Waals surface area contributed by atoms with Gasteiger partial charge in [0.1, 0.15) is 0 Å². The van der Waals surface area contributed by atoms with Crippen molar-refractivity contribution in [3.63, 3.8) is 0 Å². The van der Waals surface area contributed by atoms with Gasteiger partial charge in [-0.05, 0) is 45.0 Å². The second kappa shape index (κ2) is 8.06. The number of aromatic nitrogens is 1. The van der Waals surface area contributed by atoms with Crippen LogP contribution in [-0.4, -0.2) is 38.7 Å². The smallest absolute Gasteiger partial charge is 0.236 e. The SMILES string of the molecule is Cc1ccc(S(=O)(=O)c2nc(-c3ccccc3Cl)oc2N2C[C@H](C)O[C@@H](C)C2)cc1. The van der Waals surface area contributed by atoms with Crippen LogP contribution in [0.3, 0.4) is 0 Å². The van der Waals surface area contributed by atoms with Gasteiger partial charge in [0.25, 0.3) is 0 Å². The average Bonchev–Trinajstić information content (AvgIpc) is 3.14. The first-order valence-corrected chi connectivity index (χ1v) is 11.6. The topological polar surface area (TPSA) is 72.6 Å². The van der Waals surface area contributed by atoms with E-state index in [-0.39, 0.29) is 33.9 Å². The minimum absolute atomic E-state index is 0.0717. The van der Waals surface area contributed by atoms with Gasteiger partial charge in [-0.1, -0.05) is 41.4 Å². The van der Waals surface area contributed by atoms with Crippen LogP contribution in [0.2, 0.25) is 5.02 Å². The summed E-state index contributed by atoms with van der Waals surface area (Å²) in [5.74, 6) is 0.389. The highest BCUT2D eigenvalue weighted by Gasteiger charge is 2.34. The number of sulfone groups is 1. The predicted octanol–water partition coefficient (Wildman–Crippen LogP) is 4.75. The summed E-state index contributed by atoms with van der Waals surface area (Å²) in [7, 11) is -3.90. The minimum atomic E-state index is -3.90. The molecule has 3 aromatic rings. The molecule has 2 atom stereocenters. The first-order valence-electron chi connectivity index (χ1n) is 9.73. The molecule has 1 saturated heterocycles. The summed E-state index contributed by atoms with van der Waals surface area (Å²) in [6.07, 6.45) is -0.143. The number of ether oxygens (including phenoxy) is 1. The molecule has 0 saturated carbocycles. The van der Waals surface area contributed by atoms with Crippen LogP contribution in [0.15, 0.2) is 62.9 Å². The highest BCUT2D eigenvalue weighted by Crippen LogP contribution is 2.37. The maximum absolute atomic E-state index is 13.5. The normalized spacial score (nSPS) is 19.8. The lowest BCUT2D eigenvalue weighted by Gasteiger charge is -2.35. The Kier molecular flexibility index (Phi) is 5.61. The highest BCUT2D eigenvalue weighted by molar-refractivity contribution is 7.91. The molecule has 0 unspecified atom stereocenters. The zero-order valence-electron chi connectivity index (χ0n) is 17.0. The minimum Gasteiger partial charge on any atom is -0.419 e. The lowest BCUT2D eigenvalue weighted by molar-refractivity contribution is -0.00657. The second-order valence-electron chi connectivity index (χ2n) is 7.59. The van der Waals surface area contributed by atoms with Crippen LogP contribution >= 0.6 is 11.6 Å². The van der Waals surface area contributed by atoms with Gasteiger partial charge in [-0.25, -0.2) is 8.42 Å². The van der Waals surface area contributed by atoms with Crippen molar-refractivity contribution in [2.24, 2.45) is 0 Å². The Balaban J connectivity index is 1.87. The van der Waals surface area contributed by atoms with Gasteiger partial charge in [-0.2, -0.15) is 4.98 Å². The largest absolute Gasteiger partial charge is 0.419 e. The number of hydrogen-bond donors (Lipinski definition) is 0. The predicted molar refractivity (Wildman–Crippen MR) is 116 cm³/mol. The van der Waals surface area contributed by atoms with Gasteiger partial charge >= 0.3 is 0 Å². The number of benzene rings is 2.